The third kappa shape index (κ3) is 3.22. The van der Waals surface area contributed by atoms with Crippen LogP contribution in [0.4, 0.5) is 8.78 Å². The van der Waals surface area contributed by atoms with Gasteiger partial charge in [-0.2, -0.15) is 0 Å². The number of fused-ring (bicyclic) bond motifs is 1. The van der Waals surface area contributed by atoms with Gasteiger partial charge in [0.05, 0.1) is 11.0 Å². The van der Waals surface area contributed by atoms with Gasteiger partial charge in [0, 0.05) is 44.0 Å². The number of hydrogen-bond acceptors (Lipinski definition) is 3. The molecule has 0 aliphatic rings. The molecule has 2 N–H and O–H groups in total. The summed E-state index contributed by atoms with van der Waals surface area (Å²) in [4.78, 5) is 11.3. The molecule has 108 valence electrons. The Bertz CT molecular complexity index is 701. The van der Waals surface area contributed by atoms with Crippen LogP contribution < -0.4 is 5.32 Å². The fourth-order valence-electron chi connectivity index (χ4n) is 2.12. The van der Waals surface area contributed by atoms with Crippen LogP contribution >= 0.6 is 0 Å². The van der Waals surface area contributed by atoms with Crippen LogP contribution in [-0.4, -0.2) is 21.5 Å². The number of H-pyrrole nitrogens is 1. The maximum Gasteiger partial charge on any atom is 0.161 e. The average Bonchev–Trinajstić information content (AvgIpc) is 2.87. The molecule has 2 heterocycles. The average molecular weight is 288 g/mol. The number of hydrogen-bond donors (Lipinski definition) is 2. The SMILES string of the molecule is Fc1cc2nc(CCNCc3cccnc3)[nH]c2cc1F. The highest BCUT2D eigenvalue weighted by molar-refractivity contribution is 5.75. The Hall–Kier alpha value is -2.34. The van der Waals surface area contributed by atoms with Gasteiger partial charge in [-0.15, -0.1) is 0 Å². The molecule has 21 heavy (non-hydrogen) atoms. The van der Waals surface area contributed by atoms with Crippen LogP contribution in [0.3, 0.4) is 0 Å². The normalized spacial score (nSPS) is 11.1. The zero-order valence-electron chi connectivity index (χ0n) is 11.2. The van der Waals surface area contributed by atoms with E-state index in [0.29, 0.717) is 29.8 Å². The second-order valence-electron chi connectivity index (χ2n) is 4.76. The van der Waals surface area contributed by atoms with E-state index in [-0.39, 0.29) is 0 Å². The lowest BCUT2D eigenvalue weighted by Crippen LogP contribution is -2.17. The summed E-state index contributed by atoms with van der Waals surface area (Å²) in [5, 5.41) is 3.27. The molecule has 1 aromatic carbocycles. The number of aromatic nitrogens is 3. The molecule has 0 saturated heterocycles. The van der Waals surface area contributed by atoms with Crippen LogP contribution in [0.25, 0.3) is 11.0 Å². The first-order chi connectivity index (χ1) is 10.2. The van der Waals surface area contributed by atoms with Gasteiger partial charge < -0.3 is 10.3 Å². The van der Waals surface area contributed by atoms with Gasteiger partial charge >= 0.3 is 0 Å². The number of halogens is 2. The minimum absolute atomic E-state index is 0.441. The minimum atomic E-state index is -0.879. The van der Waals surface area contributed by atoms with E-state index in [1.165, 1.54) is 0 Å². The van der Waals surface area contributed by atoms with Crippen LogP contribution in [0.15, 0.2) is 36.7 Å². The quantitative estimate of drug-likeness (QED) is 0.709. The van der Waals surface area contributed by atoms with E-state index in [2.05, 4.69) is 20.3 Å². The molecule has 3 rings (SSSR count). The summed E-state index contributed by atoms with van der Waals surface area (Å²) in [6, 6.07) is 6.12. The number of pyridine rings is 1. The van der Waals surface area contributed by atoms with Crippen molar-refractivity contribution < 1.29 is 8.78 Å². The highest BCUT2D eigenvalue weighted by Crippen LogP contribution is 2.16. The molecular formula is C15H14F2N4. The predicted molar refractivity (Wildman–Crippen MR) is 75.7 cm³/mol. The van der Waals surface area contributed by atoms with Gasteiger partial charge in [-0.25, -0.2) is 13.8 Å². The Morgan fingerprint density at radius 1 is 1.19 bits per heavy atom. The monoisotopic (exact) mass is 288 g/mol. The molecule has 6 heteroatoms. The van der Waals surface area contributed by atoms with E-state index in [9.17, 15) is 8.78 Å². The lowest BCUT2D eigenvalue weighted by molar-refractivity contribution is 0.510. The smallest absolute Gasteiger partial charge is 0.161 e. The lowest BCUT2D eigenvalue weighted by Gasteiger charge is -2.02. The first-order valence-electron chi connectivity index (χ1n) is 6.65. The van der Waals surface area contributed by atoms with Crippen molar-refractivity contribution in [2.24, 2.45) is 0 Å². The van der Waals surface area contributed by atoms with E-state index in [0.717, 1.165) is 24.2 Å². The summed E-state index contributed by atoms with van der Waals surface area (Å²) < 4.78 is 26.2. The molecule has 3 aromatic rings. The Balaban J connectivity index is 1.58. The molecule has 2 aromatic heterocycles. The maximum atomic E-state index is 13.1. The molecule has 0 radical (unpaired) electrons. The fourth-order valence-corrected chi connectivity index (χ4v) is 2.12. The second kappa shape index (κ2) is 5.97. The van der Waals surface area contributed by atoms with Gasteiger partial charge in [0.2, 0.25) is 0 Å². The molecule has 0 aliphatic heterocycles. The number of nitrogens with zero attached hydrogens (tertiary/aromatic N) is 2. The Labute approximate surface area is 120 Å². The number of imidazole rings is 1. The summed E-state index contributed by atoms with van der Waals surface area (Å²) in [6.45, 7) is 1.43. The first-order valence-corrected chi connectivity index (χ1v) is 6.65. The summed E-state index contributed by atoms with van der Waals surface area (Å²) in [7, 11) is 0. The Morgan fingerprint density at radius 2 is 2.05 bits per heavy atom. The van der Waals surface area contributed by atoms with Crippen molar-refractivity contribution >= 4 is 11.0 Å². The minimum Gasteiger partial charge on any atom is -0.342 e. The third-order valence-electron chi connectivity index (χ3n) is 3.16. The second-order valence-corrected chi connectivity index (χ2v) is 4.76. The van der Waals surface area contributed by atoms with E-state index >= 15 is 0 Å². The van der Waals surface area contributed by atoms with Crippen molar-refractivity contribution in [2.75, 3.05) is 6.54 Å². The molecule has 0 saturated carbocycles. The molecule has 0 bridgehead atoms. The molecule has 0 spiro atoms. The molecule has 0 unspecified atom stereocenters. The highest BCUT2D eigenvalue weighted by Gasteiger charge is 2.08. The zero-order chi connectivity index (χ0) is 14.7. The van der Waals surface area contributed by atoms with Crippen molar-refractivity contribution in [1.82, 2.24) is 20.3 Å². The third-order valence-corrected chi connectivity index (χ3v) is 3.16. The standard InChI is InChI=1S/C15H14F2N4/c16-11-6-13-14(7-12(11)17)21-15(20-13)3-5-19-9-10-2-1-4-18-8-10/h1-2,4,6-8,19H,3,5,9H2,(H,20,21). The summed E-state index contributed by atoms with van der Waals surface area (Å²) in [5.41, 5.74) is 2.05. The van der Waals surface area contributed by atoms with Crippen molar-refractivity contribution in [3.05, 3.63) is 59.7 Å². The predicted octanol–water partition coefficient (Wildman–Crippen LogP) is 2.57. The topological polar surface area (TPSA) is 53.6 Å². The largest absolute Gasteiger partial charge is 0.342 e. The Morgan fingerprint density at radius 3 is 2.86 bits per heavy atom. The number of nitrogens with one attached hydrogen (secondary N) is 2. The molecular weight excluding hydrogens is 274 g/mol. The van der Waals surface area contributed by atoms with E-state index in [4.69, 9.17) is 0 Å². The number of aromatic amines is 1. The van der Waals surface area contributed by atoms with Crippen LogP contribution in [0.2, 0.25) is 0 Å². The van der Waals surface area contributed by atoms with Crippen LogP contribution in [0, 0.1) is 11.6 Å². The first kappa shape index (κ1) is 13.6. The van der Waals surface area contributed by atoms with E-state index in [1.54, 1.807) is 12.4 Å². The molecule has 4 nitrogen and oxygen atoms in total. The molecule has 0 atom stereocenters. The highest BCUT2D eigenvalue weighted by atomic mass is 19.2. The lowest BCUT2D eigenvalue weighted by atomic mass is 10.3. The van der Waals surface area contributed by atoms with E-state index < -0.39 is 11.6 Å². The fraction of sp³-hybridized carbons (Fsp3) is 0.200. The van der Waals surface area contributed by atoms with Crippen LogP contribution in [0.5, 0.6) is 0 Å². The summed E-state index contributed by atoms with van der Waals surface area (Å²) in [6.07, 6.45) is 4.19. The van der Waals surface area contributed by atoms with Gasteiger partial charge in [0.25, 0.3) is 0 Å². The zero-order valence-corrected chi connectivity index (χ0v) is 11.2. The van der Waals surface area contributed by atoms with Gasteiger partial charge in [-0.3, -0.25) is 4.98 Å². The van der Waals surface area contributed by atoms with Crippen molar-refractivity contribution in [2.45, 2.75) is 13.0 Å². The van der Waals surface area contributed by atoms with Gasteiger partial charge in [-0.05, 0) is 11.6 Å². The van der Waals surface area contributed by atoms with Crippen molar-refractivity contribution in [3.63, 3.8) is 0 Å². The Kier molecular flexibility index (Phi) is 3.87. The maximum absolute atomic E-state index is 13.1. The van der Waals surface area contributed by atoms with Gasteiger partial charge in [0.15, 0.2) is 11.6 Å². The summed E-state index contributed by atoms with van der Waals surface area (Å²) >= 11 is 0. The summed E-state index contributed by atoms with van der Waals surface area (Å²) in [5.74, 6) is -1.05. The molecule has 0 fully saturated rings. The van der Waals surface area contributed by atoms with Crippen LogP contribution in [0.1, 0.15) is 11.4 Å². The number of rotatable bonds is 5. The number of benzene rings is 1. The van der Waals surface area contributed by atoms with Gasteiger partial charge in [0.1, 0.15) is 5.82 Å². The van der Waals surface area contributed by atoms with Crippen LogP contribution in [-0.2, 0) is 13.0 Å². The van der Waals surface area contributed by atoms with Crippen molar-refractivity contribution in [1.29, 1.82) is 0 Å². The van der Waals surface area contributed by atoms with E-state index in [1.807, 2.05) is 12.1 Å². The van der Waals surface area contributed by atoms with Gasteiger partial charge in [-0.1, -0.05) is 6.07 Å². The molecule has 0 amide bonds. The van der Waals surface area contributed by atoms with Crippen molar-refractivity contribution in [3.8, 4) is 0 Å². The molecule has 0 aliphatic carbocycles.